The fraction of sp³-hybridized carbons (Fsp3) is 0.714. The first kappa shape index (κ1) is 18.9. The molecular weight excluding hydrogens is 276 g/mol. The summed E-state index contributed by atoms with van der Waals surface area (Å²) in [7, 11) is 0.417. The molecule has 1 atom stereocenters. The van der Waals surface area contributed by atoms with Gasteiger partial charge in [-0.2, -0.15) is 0 Å². The second-order valence-corrected chi connectivity index (χ2v) is 10.9. The smallest absolute Gasteiger partial charge is 0.334 e. The van der Waals surface area contributed by atoms with E-state index in [0.717, 1.165) is 0 Å². The molecule has 0 amide bonds. The topological polar surface area (TPSA) is 61.8 Å². The molecule has 0 rings (SSSR count). The van der Waals surface area contributed by atoms with Crippen LogP contribution in [0.2, 0.25) is 18.1 Å². The first-order valence-corrected chi connectivity index (χ1v) is 9.39. The minimum absolute atomic E-state index is 0.0497. The van der Waals surface area contributed by atoms with Gasteiger partial charge in [-0.1, -0.05) is 27.4 Å². The van der Waals surface area contributed by atoms with Crippen LogP contribution in [0.15, 0.2) is 12.2 Å². The van der Waals surface area contributed by atoms with Crippen molar-refractivity contribution in [2.45, 2.75) is 51.4 Å². The quantitative estimate of drug-likeness (QED) is 0.429. The normalized spacial score (nSPS) is 13.6. The number of carbonyl (C=O) groups excluding carboxylic acids is 2. The largest absolute Gasteiger partial charge is 0.467 e. The highest BCUT2D eigenvalue weighted by Crippen LogP contribution is 2.38. The third kappa shape index (κ3) is 5.09. The molecule has 0 N–H and O–H groups in total. The lowest BCUT2D eigenvalue weighted by atomic mass is 10.1. The first-order valence-electron chi connectivity index (χ1n) is 6.48. The van der Waals surface area contributed by atoms with Crippen LogP contribution < -0.4 is 0 Å². The number of hydrogen-bond acceptors (Lipinski definition) is 5. The van der Waals surface area contributed by atoms with E-state index in [1.54, 1.807) is 0 Å². The number of hydrogen-bond donors (Lipinski definition) is 0. The Hall–Kier alpha value is -1.14. The number of esters is 2. The van der Waals surface area contributed by atoms with Gasteiger partial charge in [-0.3, -0.25) is 0 Å². The maximum Gasteiger partial charge on any atom is 0.334 e. The van der Waals surface area contributed by atoms with Crippen molar-refractivity contribution in [1.82, 2.24) is 0 Å². The molecule has 0 aliphatic heterocycles. The molecule has 0 saturated heterocycles. The van der Waals surface area contributed by atoms with E-state index in [2.05, 4.69) is 32.1 Å². The van der Waals surface area contributed by atoms with Crippen LogP contribution in [0.4, 0.5) is 0 Å². The highest BCUT2D eigenvalue weighted by Gasteiger charge is 2.41. The highest BCUT2D eigenvalue weighted by molar-refractivity contribution is 6.74. The van der Waals surface area contributed by atoms with Gasteiger partial charge in [-0.15, -0.1) is 0 Å². The minimum atomic E-state index is -2.15. The Kier molecular flexibility index (Phi) is 6.63. The molecule has 0 aromatic carbocycles. The molecule has 0 saturated carbocycles. The van der Waals surface area contributed by atoms with Gasteiger partial charge in [0.1, 0.15) is 6.10 Å². The molecule has 0 aromatic heterocycles. The minimum Gasteiger partial charge on any atom is -0.467 e. The van der Waals surface area contributed by atoms with E-state index < -0.39 is 26.4 Å². The molecule has 0 aromatic rings. The van der Waals surface area contributed by atoms with Gasteiger partial charge in [0.2, 0.25) is 0 Å². The van der Waals surface area contributed by atoms with Gasteiger partial charge in [0.05, 0.1) is 14.2 Å². The summed E-state index contributed by atoms with van der Waals surface area (Å²) in [5.41, 5.74) is 0.196. The monoisotopic (exact) mass is 302 g/mol. The van der Waals surface area contributed by atoms with Crippen molar-refractivity contribution >= 4 is 20.3 Å². The molecule has 0 aliphatic carbocycles. The molecule has 0 aliphatic rings. The van der Waals surface area contributed by atoms with Crippen LogP contribution in [-0.2, 0) is 23.5 Å². The zero-order valence-electron chi connectivity index (χ0n) is 13.5. The van der Waals surface area contributed by atoms with Gasteiger partial charge < -0.3 is 13.9 Å². The number of carbonyl (C=O) groups is 2. The summed E-state index contributed by atoms with van der Waals surface area (Å²) < 4.78 is 15.4. The van der Waals surface area contributed by atoms with Crippen LogP contribution in [0.25, 0.3) is 0 Å². The Bertz CT molecular complexity index is 382. The van der Waals surface area contributed by atoms with Crippen molar-refractivity contribution in [2.75, 3.05) is 14.2 Å². The van der Waals surface area contributed by atoms with Crippen molar-refractivity contribution in [3.05, 3.63) is 12.2 Å². The van der Waals surface area contributed by atoms with Crippen LogP contribution >= 0.6 is 0 Å². The molecule has 20 heavy (non-hydrogen) atoms. The zero-order valence-corrected chi connectivity index (χ0v) is 14.5. The van der Waals surface area contributed by atoms with E-state index in [1.165, 1.54) is 14.2 Å². The highest BCUT2D eigenvalue weighted by atomic mass is 28.4. The van der Waals surface area contributed by atoms with Crippen LogP contribution in [0.5, 0.6) is 0 Å². The average Bonchev–Trinajstić information content (AvgIpc) is 2.34. The third-order valence-corrected chi connectivity index (χ3v) is 8.10. The van der Waals surface area contributed by atoms with Crippen LogP contribution in [0.1, 0.15) is 27.2 Å². The average molecular weight is 302 g/mol. The summed E-state index contributed by atoms with van der Waals surface area (Å²) >= 11 is 0. The van der Waals surface area contributed by atoms with E-state index in [9.17, 15) is 9.59 Å². The van der Waals surface area contributed by atoms with Crippen LogP contribution in [0.3, 0.4) is 0 Å². The Labute approximate surface area is 122 Å². The maximum atomic E-state index is 11.8. The summed E-state index contributed by atoms with van der Waals surface area (Å²) in [4.78, 5) is 23.2. The van der Waals surface area contributed by atoms with Gasteiger partial charge in [0, 0.05) is 12.0 Å². The van der Waals surface area contributed by atoms with Crippen molar-refractivity contribution in [3.63, 3.8) is 0 Å². The van der Waals surface area contributed by atoms with E-state index in [1.807, 2.05) is 13.1 Å². The number of methoxy groups -OCH3 is 2. The Morgan fingerprint density at radius 3 is 2.00 bits per heavy atom. The summed E-state index contributed by atoms with van der Waals surface area (Å²) in [6.45, 7) is 13.9. The fourth-order valence-electron chi connectivity index (χ4n) is 1.29. The summed E-state index contributed by atoms with van der Waals surface area (Å²) in [6, 6.07) is 0. The van der Waals surface area contributed by atoms with Gasteiger partial charge in [0.25, 0.3) is 0 Å². The summed E-state index contributed by atoms with van der Waals surface area (Å²) in [5, 5.41) is -0.0497. The molecule has 0 radical (unpaired) electrons. The zero-order chi connectivity index (χ0) is 16.1. The molecule has 0 spiro atoms. The molecule has 1 unspecified atom stereocenters. The SMILES string of the molecule is C=C(CC(O[Si](C)(C)C(C)(C)C)C(=O)OC)C(=O)OC. The van der Waals surface area contributed by atoms with Crippen LogP contribution in [-0.4, -0.2) is 40.6 Å². The van der Waals surface area contributed by atoms with E-state index in [-0.39, 0.29) is 17.0 Å². The van der Waals surface area contributed by atoms with Crippen LogP contribution in [0, 0.1) is 0 Å². The lowest BCUT2D eigenvalue weighted by molar-refractivity contribution is -0.149. The van der Waals surface area contributed by atoms with E-state index >= 15 is 0 Å². The molecular formula is C14H26O5Si. The van der Waals surface area contributed by atoms with Crippen molar-refractivity contribution < 1.29 is 23.5 Å². The molecule has 0 heterocycles. The number of rotatable bonds is 6. The van der Waals surface area contributed by atoms with Gasteiger partial charge >= 0.3 is 11.9 Å². The van der Waals surface area contributed by atoms with Gasteiger partial charge in [-0.05, 0) is 18.1 Å². The maximum absolute atomic E-state index is 11.8. The molecule has 0 fully saturated rings. The molecule has 116 valence electrons. The second kappa shape index (κ2) is 7.03. The first-order chi connectivity index (χ1) is 8.96. The lowest BCUT2D eigenvalue weighted by Crippen LogP contribution is -2.46. The Balaban J connectivity index is 5.06. The molecule has 0 bridgehead atoms. The molecule has 5 nitrogen and oxygen atoms in total. The summed E-state index contributed by atoms with van der Waals surface area (Å²) in [5.74, 6) is -1.04. The summed E-state index contributed by atoms with van der Waals surface area (Å²) in [6.07, 6.45) is -0.751. The van der Waals surface area contributed by atoms with Crippen molar-refractivity contribution in [3.8, 4) is 0 Å². The standard InChI is InChI=1S/C14H26O5Si/c1-10(12(15)17-5)9-11(13(16)18-6)19-20(7,8)14(2,3)4/h11H,1,9H2,2-8H3. The lowest BCUT2D eigenvalue weighted by Gasteiger charge is -2.38. The Morgan fingerprint density at radius 1 is 1.15 bits per heavy atom. The van der Waals surface area contributed by atoms with Gasteiger partial charge in [0.15, 0.2) is 8.32 Å². The fourth-order valence-corrected chi connectivity index (χ4v) is 2.53. The van der Waals surface area contributed by atoms with Crippen molar-refractivity contribution in [1.29, 1.82) is 0 Å². The van der Waals surface area contributed by atoms with Gasteiger partial charge in [-0.25, -0.2) is 9.59 Å². The predicted molar refractivity (Wildman–Crippen MR) is 79.9 cm³/mol. The second-order valence-electron chi connectivity index (χ2n) is 6.19. The number of ether oxygens (including phenoxy) is 2. The van der Waals surface area contributed by atoms with Crippen molar-refractivity contribution in [2.24, 2.45) is 0 Å². The van der Waals surface area contributed by atoms with E-state index in [4.69, 9.17) is 9.16 Å². The molecule has 6 heteroatoms. The predicted octanol–water partition coefficient (Wildman–Crippen LogP) is 2.67. The third-order valence-electron chi connectivity index (χ3n) is 3.61. The Morgan fingerprint density at radius 2 is 1.65 bits per heavy atom. The van der Waals surface area contributed by atoms with E-state index in [0.29, 0.717) is 0 Å².